The number of halogens is 1. The molecule has 7 nitrogen and oxygen atoms in total. The van der Waals surface area contributed by atoms with E-state index in [9.17, 15) is 4.79 Å². The summed E-state index contributed by atoms with van der Waals surface area (Å²) in [5.74, 6) is 0.637. The van der Waals surface area contributed by atoms with E-state index in [1.165, 1.54) is 0 Å². The van der Waals surface area contributed by atoms with Crippen LogP contribution in [0.25, 0.3) is 11.3 Å². The van der Waals surface area contributed by atoms with Gasteiger partial charge in [0, 0.05) is 19.7 Å². The normalized spacial score (nSPS) is 10.7. The number of carbonyl (C=O) groups excluding carboxylic acids is 1. The van der Waals surface area contributed by atoms with Crippen molar-refractivity contribution in [3.63, 3.8) is 0 Å². The number of H-pyrrole nitrogens is 1. The molecule has 0 aliphatic heterocycles. The van der Waals surface area contributed by atoms with E-state index in [1.807, 2.05) is 31.3 Å². The Morgan fingerprint density at radius 1 is 1.36 bits per heavy atom. The summed E-state index contributed by atoms with van der Waals surface area (Å²) >= 11 is 3.45. The topological polar surface area (TPSA) is 76.0 Å². The van der Waals surface area contributed by atoms with Crippen LogP contribution in [0, 0.1) is 0 Å². The summed E-state index contributed by atoms with van der Waals surface area (Å²) in [6.45, 7) is 0.437. The smallest absolute Gasteiger partial charge is 0.271 e. The molecule has 0 saturated heterocycles. The number of hydrogen-bond donors (Lipinski definition) is 1. The Morgan fingerprint density at radius 3 is 2.68 bits per heavy atom. The van der Waals surface area contributed by atoms with Crippen molar-refractivity contribution in [2.45, 2.75) is 6.54 Å². The Morgan fingerprint density at radius 2 is 2.08 bits per heavy atom. The molecule has 3 aromatic rings. The molecular formula is C17H18BrN5O2. The Bertz CT molecular complexity index is 865. The van der Waals surface area contributed by atoms with Gasteiger partial charge >= 0.3 is 0 Å². The molecule has 130 valence electrons. The second kappa shape index (κ2) is 7.10. The van der Waals surface area contributed by atoms with Crippen LogP contribution in [-0.2, 0) is 13.6 Å². The zero-order valence-corrected chi connectivity index (χ0v) is 15.7. The molecule has 0 spiro atoms. The number of nitrogens with zero attached hydrogens (tertiary/aromatic N) is 4. The highest BCUT2D eigenvalue weighted by Crippen LogP contribution is 2.22. The van der Waals surface area contributed by atoms with Gasteiger partial charge in [0.2, 0.25) is 0 Å². The predicted octanol–water partition coefficient (Wildman–Crippen LogP) is 2.85. The molecule has 0 radical (unpaired) electrons. The highest BCUT2D eigenvalue weighted by atomic mass is 79.9. The number of ether oxygens (including phenoxy) is 1. The molecule has 1 aromatic carbocycles. The third-order valence-corrected chi connectivity index (χ3v) is 4.60. The zero-order valence-electron chi connectivity index (χ0n) is 14.2. The molecule has 8 heteroatoms. The summed E-state index contributed by atoms with van der Waals surface area (Å²) in [6.07, 6.45) is 1.71. The molecular weight excluding hydrogens is 386 g/mol. The van der Waals surface area contributed by atoms with E-state index < -0.39 is 0 Å². The van der Waals surface area contributed by atoms with Gasteiger partial charge in [-0.2, -0.15) is 10.2 Å². The molecule has 0 bridgehead atoms. The van der Waals surface area contributed by atoms with Gasteiger partial charge in [-0.05, 0) is 46.3 Å². The van der Waals surface area contributed by atoms with E-state index in [-0.39, 0.29) is 5.91 Å². The summed E-state index contributed by atoms with van der Waals surface area (Å²) in [4.78, 5) is 14.2. The Hall–Kier alpha value is -2.61. The van der Waals surface area contributed by atoms with Gasteiger partial charge in [-0.3, -0.25) is 14.6 Å². The standard InChI is InChI=1S/C17H18BrN5O2/c1-22(10-16-13(18)9-19-23(16)2)17(24)15-8-14(20-21-15)11-4-6-12(25-3)7-5-11/h4-9H,10H2,1-3H3,(H,20,21). The number of hydrogen-bond acceptors (Lipinski definition) is 4. The summed E-state index contributed by atoms with van der Waals surface area (Å²) in [5.41, 5.74) is 2.98. The summed E-state index contributed by atoms with van der Waals surface area (Å²) in [7, 11) is 5.21. The Labute approximate surface area is 153 Å². The number of carbonyl (C=O) groups is 1. The van der Waals surface area contributed by atoms with Gasteiger partial charge in [0.25, 0.3) is 5.91 Å². The number of amides is 1. The van der Waals surface area contributed by atoms with Crippen LogP contribution in [0.5, 0.6) is 5.75 Å². The van der Waals surface area contributed by atoms with E-state index in [2.05, 4.69) is 31.2 Å². The first-order valence-corrected chi connectivity index (χ1v) is 8.40. The van der Waals surface area contributed by atoms with Crippen molar-refractivity contribution in [2.24, 2.45) is 7.05 Å². The number of aryl methyl sites for hydroxylation is 1. The minimum atomic E-state index is -0.139. The fourth-order valence-corrected chi connectivity index (χ4v) is 2.93. The van der Waals surface area contributed by atoms with Gasteiger partial charge in [-0.1, -0.05) is 0 Å². The summed E-state index contributed by atoms with van der Waals surface area (Å²) in [5, 5.41) is 11.2. The van der Waals surface area contributed by atoms with Crippen LogP contribution in [0.4, 0.5) is 0 Å². The summed E-state index contributed by atoms with van der Waals surface area (Å²) < 4.78 is 7.76. The SMILES string of the molecule is COc1ccc(-c2cc(C(=O)N(C)Cc3c(Br)cnn3C)[nH]n2)cc1. The maximum Gasteiger partial charge on any atom is 0.271 e. The second-order valence-electron chi connectivity index (χ2n) is 5.62. The average molecular weight is 404 g/mol. The number of aromatic nitrogens is 4. The van der Waals surface area contributed by atoms with Gasteiger partial charge in [0.05, 0.1) is 35.7 Å². The molecule has 1 N–H and O–H groups in total. The lowest BCUT2D eigenvalue weighted by molar-refractivity contribution is 0.0776. The molecule has 1 amide bonds. The van der Waals surface area contributed by atoms with Gasteiger partial charge in [-0.15, -0.1) is 0 Å². The lowest BCUT2D eigenvalue weighted by atomic mass is 10.1. The Balaban J connectivity index is 1.75. The third kappa shape index (κ3) is 3.58. The van der Waals surface area contributed by atoms with E-state index >= 15 is 0 Å². The minimum Gasteiger partial charge on any atom is -0.497 e. The van der Waals surface area contributed by atoms with Crippen LogP contribution >= 0.6 is 15.9 Å². The first kappa shape index (κ1) is 17.2. The molecule has 2 heterocycles. The van der Waals surface area contributed by atoms with E-state index in [0.717, 1.165) is 21.5 Å². The number of benzene rings is 1. The molecule has 3 rings (SSSR count). The quantitative estimate of drug-likeness (QED) is 0.710. The summed E-state index contributed by atoms with van der Waals surface area (Å²) in [6, 6.07) is 9.27. The molecule has 0 aliphatic carbocycles. The van der Waals surface area contributed by atoms with Crippen molar-refractivity contribution >= 4 is 21.8 Å². The minimum absolute atomic E-state index is 0.139. The van der Waals surface area contributed by atoms with Crippen molar-refractivity contribution in [3.8, 4) is 17.0 Å². The predicted molar refractivity (Wildman–Crippen MR) is 97.3 cm³/mol. The van der Waals surface area contributed by atoms with E-state index in [0.29, 0.717) is 17.9 Å². The van der Waals surface area contributed by atoms with Crippen molar-refractivity contribution in [1.82, 2.24) is 24.9 Å². The number of aromatic amines is 1. The lowest BCUT2D eigenvalue weighted by Crippen LogP contribution is -2.27. The van der Waals surface area contributed by atoms with Gasteiger partial charge in [0.1, 0.15) is 11.4 Å². The molecule has 0 unspecified atom stereocenters. The second-order valence-corrected chi connectivity index (χ2v) is 6.47. The van der Waals surface area contributed by atoms with Crippen LogP contribution in [0.3, 0.4) is 0 Å². The fraction of sp³-hybridized carbons (Fsp3) is 0.235. The van der Waals surface area contributed by atoms with Crippen LogP contribution in [0.1, 0.15) is 16.2 Å². The van der Waals surface area contributed by atoms with Gasteiger partial charge in [0.15, 0.2) is 0 Å². The fourth-order valence-electron chi connectivity index (χ4n) is 2.46. The van der Waals surface area contributed by atoms with Crippen molar-refractivity contribution in [2.75, 3.05) is 14.2 Å². The maximum atomic E-state index is 12.6. The lowest BCUT2D eigenvalue weighted by Gasteiger charge is -2.16. The van der Waals surface area contributed by atoms with Crippen LogP contribution in [-0.4, -0.2) is 44.9 Å². The van der Waals surface area contributed by atoms with Crippen molar-refractivity contribution in [1.29, 1.82) is 0 Å². The van der Waals surface area contributed by atoms with E-state index in [4.69, 9.17) is 4.74 Å². The molecule has 0 saturated carbocycles. The highest BCUT2D eigenvalue weighted by molar-refractivity contribution is 9.10. The highest BCUT2D eigenvalue weighted by Gasteiger charge is 2.18. The zero-order chi connectivity index (χ0) is 18.0. The van der Waals surface area contributed by atoms with Crippen molar-refractivity contribution in [3.05, 3.63) is 52.4 Å². The number of rotatable bonds is 5. The molecule has 0 atom stereocenters. The largest absolute Gasteiger partial charge is 0.497 e. The van der Waals surface area contributed by atoms with E-state index in [1.54, 1.807) is 36.0 Å². The van der Waals surface area contributed by atoms with Crippen LogP contribution in [0.2, 0.25) is 0 Å². The first-order valence-electron chi connectivity index (χ1n) is 7.61. The third-order valence-electron chi connectivity index (χ3n) is 3.94. The molecule has 0 aliphatic rings. The maximum absolute atomic E-state index is 12.6. The van der Waals surface area contributed by atoms with Gasteiger partial charge in [-0.25, -0.2) is 0 Å². The molecule has 2 aromatic heterocycles. The van der Waals surface area contributed by atoms with Gasteiger partial charge < -0.3 is 9.64 Å². The average Bonchev–Trinajstić information content (AvgIpc) is 3.23. The monoisotopic (exact) mass is 403 g/mol. The van der Waals surface area contributed by atoms with Crippen LogP contribution < -0.4 is 4.74 Å². The Kier molecular flexibility index (Phi) is 4.89. The number of nitrogens with one attached hydrogen (secondary N) is 1. The van der Waals surface area contributed by atoms with Crippen molar-refractivity contribution < 1.29 is 9.53 Å². The molecule has 25 heavy (non-hydrogen) atoms. The first-order chi connectivity index (χ1) is 12.0. The van der Waals surface area contributed by atoms with Crippen LogP contribution in [0.15, 0.2) is 41.0 Å². The molecule has 0 fully saturated rings. The number of methoxy groups -OCH3 is 1.